The van der Waals surface area contributed by atoms with E-state index in [2.05, 4.69) is 10.6 Å². The molecule has 0 heterocycles. The van der Waals surface area contributed by atoms with Crippen LogP contribution in [0.4, 0.5) is 5.69 Å². The minimum atomic E-state index is 0. The number of carbonyl (C=O) groups is 1. The summed E-state index contributed by atoms with van der Waals surface area (Å²) in [5, 5.41) is 6.22. The monoisotopic (exact) mass is 363 g/mol. The smallest absolute Gasteiger partial charge is 0.239 e. The van der Waals surface area contributed by atoms with Gasteiger partial charge in [0.2, 0.25) is 5.91 Å². The Balaban J connectivity index is 0.00000242. The molecule has 1 aliphatic carbocycles. The molecule has 1 saturated carbocycles. The Labute approximate surface area is 150 Å². The molecule has 0 bridgehead atoms. The molecular weight excluding hydrogens is 337 g/mol. The van der Waals surface area contributed by atoms with E-state index in [-0.39, 0.29) is 43.3 Å². The van der Waals surface area contributed by atoms with Gasteiger partial charge in [0, 0.05) is 6.04 Å². The molecule has 0 aromatic heterocycles. The quantitative estimate of drug-likeness (QED) is 0.725. The van der Waals surface area contributed by atoms with Crippen LogP contribution in [0.2, 0.25) is 0 Å². The van der Waals surface area contributed by atoms with E-state index >= 15 is 0 Å². The summed E-state index contributed by atoms with van der Waals surface area (Å²) in [6.07, 6.45) is 4.53. The number of hydrogen-bond donors (Lipinski definition) is 3. The maximum Gasteiger partial charge on any atom is 0.239 e. The number of anilines is 1. The van der Waals surface area contributed by atoms with E-state index in [1.807, 2.05) is 24.3 Å². The number of methoxy groups -OCH3 is 1. The summed E-state index contributed by atoms with van der Waals surface area (Å²) in [7, 11) is 1.62. The van der Waals surface area contributed by atoms with E-state index in [1.165, 1.54) is 12.8 Å². The summed E-state index contributed by atoms with van der Waals surface area (Å²) >= 11 is 0. The largest absolute Gasteiger partial charge is 0.495 e. The average molecular weight is 364 g/mol. The topological polar surface area (TPSA) is 76.4 Å². The van der Waals surface area contributed by atoms with Crippen LogP contribution in [-0.4, -0.2) is 32.1 Å². The Bertz CT molecular complexity index is 474. The third-order valence-corrected chi connectivity index (χ3v) is 4.10. The lowest BCUT2D eigenvalue weighted by Crippen LogP contribution is -2.46. The fourth-order valence-corrected chi connectivity index (χ4v) is 2.90. The predicted octanol–water partition coefficient (Wildman–Crippen LogP) is 2.58. The molecule has 1 aromatic carbocycles. The number of amides is 1. The van der Waals surface area contributed by atoms with E-state index in [0.29, 0.717) is 12.5 Å². The summed E-state index contributed by atoms with van der Waals surface area (Å²) in [5.41, 5.74) is 6.62. The van der Waals surface area contributed by atoms with Crippen molar-refractivity contribution < 1.29 is 9.53 Å². The van der Waals surface area contributed by atoms with Crippen molar-refractivity contribution in [2.45, 2.75) is 31.7 Å². The fraction of sp³-hybridized carbons (Fsp3) is 0.562. The van der Waals surface area contributed by atoms with Crippen LogP contribution in [-0.2, 0) is 4.79 Å². The number of rotatable bonds is 6. The molecule has 0 spiro atoms. The summed E-state index contributed by atoms with van der Waals surface area (Å²) < 4.78 is 5.25. The van der Waals surface area contributed by atoms with Crippen molar-refractivity contribution in [1.29, 1.82) is 0 Å². The SMILES string of the molecule is COc1ccccc1NCC(=O)NC1CCCCC1CN.Cl.Cl. The van der Waals surface area contributed by atoms with Gasteiger partial charge in [-0.15, -0.1) is 24.8 Å². The zero-order valence-electron chi connectivity index (χ0n) is 13.4. The third kappa shape index (κ3) is 6.45. The summed E-state index contributed by atoms with van der Waals surface area (Å²) in [6, 6.07) is 7.80. The van der Waals surface area contributed by atoms with Gasteiger partial charge in [0.1, 0.15) is 5.75 Å². The number of benzene rings is 1. The van der Waals surface area contributed by atoms with Gasteiger partial charge in [-0.25, -0.2) is 0 Å². The zero-order valence-corrected chi connectivity index (χ0v) is 15.1. The molecule has 132 valence electrons. The lowest BCUT2D eigenvalue weighted by atomic mass is 9.84. The minimum Gasteiger partial charge on any atom is -0.495 e. The third-order valence-electron chi connectivity index (χ3n) is 4.10. The summed E-state index contributed by atoms with van der Waals surface area (Å²) in [4.78, 5) is 12.1. The number of carbonyl (C=O) groups excluding carboxylic acids is 1. The number of nitrogens with two attached hydrogens (primary N) is 1. The highest BCUT2D eigenvalue weighted by atomic mass is 35.5. The second-order valence-electron chi connectivity index (χ2n) is 5.51. The lowest BCUT2D eigenvalue weighted by molar-refractivity contribution is -0.120. The summed E-state index contributed by atoms with van der Waals surface area (Å²) in [5.74, 6) is 1.16. The van der Waals surface area contributed by atoms with Crippen LogP contribution in [0.25, 0.3) is 0 Å². The second kappa shape index (κ2) is 11.4. The minimum absolute atomic E-state index is 0. The van der Waals surface area contributed by atoms with Crippen molar-refractivity contribution in [3.63, 3.8) is 0 Å². The molecule has 2 atom stereocenters. The molecule has 1 aromatic rings. The van der Waals surface area contributed by atoms with E-state index in [9.17, 15) is 4.79 Å². The molecule has 0 radical (unpaired) electrons. The predicted molar refractivity (Wildman–Crippen MR) is 98.9 cm³/mol. The van der Waals surface area contributed by atoms with Crippen molar-refractivity contribution in [3.05, 3.63) is 24.3 Å². The Hall–Kier alpha value is -1.17. The van der Waals surface area contributed by atoms with E-state index in [0.717, 1.165) is 24.3 Å². The van der Waals surface area contributed by atoms with Gasteiger partial charge in [0.25, 0.3) is 0 Å². The van der Waals surface area contributed by atoms with Crippen LogP contribution in [0.3, 0.4) is 0 Å². The number of halogens is 2. The Morgan fingerprint density at radius 1 is 1.26 bits per heavy atom. The molecule has 7 heteroatoms. The Kier molecular flexibility index (Phi) is 10.8. The molecule has 5 nitrogen and oxygen atoms in total. The number of nitrogens with one attached hydrogen (secondary N) is 2. The molecule has 2 unspecified atom stereocenters. The van der Waals surface area contributed by atoms with Gasteiger partial charge in [-0.05, 0) is 37.4 Å². The molecule has 0 aliphatic heterocycles. The highest BCUT2D eigenvalue weighted by Gasteiger charge is 2.25. The maximum atomic E-state index is 12.1. The zero-order chi connectivity index (χ0) is 15.1. The van der Waals surface area contributed by atoms with E-state index in [1.54, 1.807) is 7.11 Å². The van der Waals surface area contributed by atoms with Gasteiger partial charge >= 0.3 is 0 Å². The van der Waals surface area contributed by atoms with E-state index in [4.69, 9.17) is 10.5 Å². The Morgan fingerprint density at radius 2 is 1.96 bits per heavy atom. The first kappa shape index (κ1) is 21.8. The number of ether oxygens (including phenoxy) is 1. The first-order chi connectivity index (χ1) is 10.2. The van der Waals surface area contributed by atoms with Gasteiger partial charge in [0.15, 0.2) is 0 Å². The van der Waals surface area contributed by atoms with Crippen LogP contribution in [0.15, 0.2) is 24.3 Å². The van der Waals surface area contributed by atoms with Gasteiger partial charge in [-0.2, -0.15) is 0 Å². The van der Waals surface area contributed by atoms with Crippen molar-refractivity contribution in [3.8, 4) is 5.75 Å². The van der Waals surface area contributed by atoms with Crippen molar-refractivity contribution >= 4 is 36.4 Å². The van der Waals surface area contributed by atoms with Crippen LogP contribution in [0.1, 0.15) is 25.7 Å². The van der Waals surface area contributed by atoms with Crippen LogP contribution >= 0.6 is 24.8 Å². The molecule has 2 rings (SSSR count). The van der Waals surface area contributed by atoms with Crippen molar-refractivity contribution in [2.24, 2.45) is 11.7 Å². The number of para-hydroxylation sites is 2. The van der Waals surface area contributed by atoms with Crippen LogP contribution in [0, 0.1) is 5.92 Å². The normalized spacial score (nSPS) is 19.7. The molecule has 4 N–H and O–H groups in total. The highest BCUT2D eigenvalue weighted by Crippen LogP contribution is 2.24. The van der Waals surface area contributed by atoms with Gasteiger partial charge in [-0.1, -0.05) is 25.0 Å². The molecule has 1 aliphatic rings. The fourth-order valence-electron chi connectivity index (χ4n) is 2.90. The van der Waals surface area contributed by atoms with Crippen LogP contribution in [0.5, 0.6) is 5.75 Å². The first-order valence-electron chi connectivity index (χ1n) is 7.61. The summed E-state index contributed by atoms with van der Waals surface area (Å²) in [6.45, 7) is 0.888. The van der Waals surface area contributed by atoms with Gasteiger partial charge in [0.05, 0.1) is 19.3 Å². The maximum absolute atomic E-state index is 12.1. The molecular formula is C16H27Cl2N3O2. The average Bonchev–Trinajstić information content (AvgIpc) is 2.53. The first-order valence-corrected chi connectivity index (χ1v) is 7.61. The number of hydrogen-bond acceptors (Lipinski definition) is 4. The molecule has 0 saturated heterocycles. The molecule has 23 heavy (non-hydrogen) atoms. The standard InChI is InChI=1S/C16H25N3O2.2ClH/c1-21-15-9-5-4-8-14(15)18-11-16(20)19-13-7-3-2-6-12(13)10-17;;/h4-5,8-9,12-13,18H,2-3,6-7,10-11,17H2,1H3,(H,19,20);2*1H. The van der Waals surface area contributed by atoms with E-state index < -0.39 is 0 Å². The van der Waals surface area contributed by atoms with Crippen molar-refractivity contribution in [2.75, 3.05) is 25.5 Å². The van der Waals surface area contributed by atoms with Gasteiger partial charge in [-0.3, -0.25) is 4.79 Å². The molecule has 1 fully saturated rings. The van der Waals surface area contributed by atoms with Crippen LogP contribution < -0.4 is 21.1 Å². The van der Waals surface area contributed by atoms with Crippen molar-refractivity contribution in [1.82, 2.24) is 5.32 Å². The lowest BCUT2D eigenvalue weighted by Gasteiger charge is -2.31. The molecule has 1 amide bonds. The van der Waals surface area contributed by atoms with Gasteiger partial charge < -0.3 is 21.1 Å². The highest BCUT2D eigenvalue weighted by molar-refractivity contribution is 5.85. The Morgan fingerprint density at radius 3 is 2.65 bits per heavy atom. The second-order valence-corrected chi connectivity index (χ2v) is 5.51.